The van der Waals surface area contributed by atoms with Crippen LogP contribution < -0.4 is 0 Å². The molecule has 4 aromatic rings. The SMILES string of the molecule is CCCOCCn1c2ccc(C(=O)c3ccccc3)cc2c2cc(C(=O)C(C)(C)N3CCOCC3)ccc21. The second-order valence-electron chi connectivity index (χ2n) is 10.4. The van der Waals surface area contributed by atoms with E-state index in [1.165, 1.54) is 0 Å². The van der Waals surface area contributed by atoms with Crippen molar-refractivity contribution in [2.75, 3.05) is 39.5 Å². The Morgan fingerprint density at radius 3 is 2.13 bits per heavy atom. The molecule has 6 heteroatoms. The minimum Gasteiger partial charge on any atom is -0.380 e. The number of Topliss-reactive ketones (excluding diaryl/α,β-unsaturated/α-hetero) is 1. The molecule has 2 heterocycles. The minimum atomic E-state index is -0.641. The van der Waals surface area contributed by atoms with E-state index in [0.29, 0.717) is 43.1 Å². The maximum absolute atomic E-state index is 13.8. The standard InChI is InChI=1S/C32H36N2O4/c1-4-17-37-20-16-34-28-12-10-24(30(35)23-8-6-5-7-9-23)21-26(28)27-22-25(11-13-29(27)34)31(36)32(2,3)33-14-18-38-19-15-33/h5-13,21-22H,4,14-20H2,1-3H3. The number of hydrogen-bond donors (Lipinski definition) is 0. The van der Waals surface area contributed by atoms with E-state index in [1.807, 2.05) is 80.6 Å². The van der Waals surface area contributed by atoms with Crippen molar-refractivity contribution in [1.82, 2.24) is 9.47 Å². The summed E-state index contributed by atoms with van der Waals surface area (Å²) >= 11 is 0. The van der Waals surface area contributed by atoms with Crippen LogP contribution in [0.2, 0.25) is 0 Å². The molecule has 0 radical (unpaired) electrons. The van der Waals surface area contributed by atoms with Crippen LogP contribution in [0, 0.1) is 0 Å². The Morgan fingerprint density at radius 2 is 1.47 bits per heavy atom. The van der Waals surface area contributed by atoms with Crippen molar-refractivity contribution in [2.45, 2.75) is 39.3 Å². The van der Waals surface area contributed by atoms with Crippen LogP contribution in [0.25, 0.3) is 21.8 Å². The van der Waals surface area contributed by atoms with Gasteiger partial charge in [-0.2, -0.15) is 0 Å². The molecule has 1 aromatic heterocycles. The molecule has 0 atom stereocenters. The van der Waals surface area contributed by atoms with E-state index in [0.717, 1.165) is 47.9 Å². The van der Waals surface area contributed by atoms with Crippen molar-refractivity contribution in [3.05, 3.63) is 83.4 Å². The third-order valence-corrected chi connectivity index (χ3v) is 7.59. The number of morpholine rings is 1. The number of carbonyl (C=O) groups is 2. The zero-order chi connectivity index (χ0) is 26.7. The number of ether oxygens (including phenoxy) is 2. The molecule has 0 unspecified atom stereocenters. The molecule has 0 saturated carbocycles. The van der Waals surface area contributed by atoms with Gasteiger partial charge in [-0.1, -0.05) is 37.3 Å². The van der Waals surface area contributed by atoms with Gasteiger partial charge < -0.3 is 14.0 Å². The van der Waals surface area contributed by atoms with Crippen LogP contribution in [0.15, 0.2) is 66.7 Å². The molecule has 198 valence electrons. The summed E-state index contributed by atoms with van der Waals surface area (Å²) in [5, 5.41) is 1.94. The Balaban J connectivity index is 1.58. The number of fused-ring (bicyclic) bond motifs is 3. The number of nitrogens with zero attached hydrogens (tertiary/aromatic N) is 2. The molecule has 1 aliphatic rings. The first-order valence-electron chi connectivity index (χ1n) is 13.5. The molecule has 0 amide bonds. The summed E-state index contributed by atoms with van der Waals surface area (Å²) in [5.41, 5.74) is 3.39. The van der Waals surface area contributed by atoms with E-state index >= 15 is 0 Å². The van der Waals surface area contributed by atoms with Gasteiger partial charge in [0.2, 0.25) is 0 Å². The molecular formula is C32H36N2O4. The molecular weight excluding hydrogens is 476 g/mol. The highest BCUT2D eigenvalue weighted by Gasteiger charge is 2.36. The number of carbonyl (C=O) groups excluding carboxylic acids is 2. The Hall–Kier alpha value is -3.32. The van der Waals surface area contributed by atoms with Crippen LogP contribution >= 0.6 is 0 Å². The molecule has 6 nitrogen and oxygen atoms in total. The highest BCUT2D eigenvalue weighted by atomic mass is 16.5. The van der Waals surface area contributed by atoms with Crippen molar-refractivity contribution in [3.63, 3.8) is 0 Å². The van der Waals surface area contributed by atoms with Gasteiger partial charge >= 0.3 is 0 Å². The topological polar surface area (TPSA) is 60.8 Å². The summed E-state index contributed by atoms with van der Waals surface area (Å²) < 4.78 is 13.5. The van der Waals surface area contributed by atoms with Gasteiger partial charge in [0, 0.05) is 64.7 Å². The fraction of sp³-hybridized carbons (Fsp3) is 0.375. The highest BCUT2D eigenvalue weighted by Crippen LogP contribution is 2.33. The maximum Gasteiger partial charge on any atom is 0.193 e. The average Bonchev–Trinajstić information content (AvgIpc) is 3.27. The summed E-state index contributed by atoms with van der Waals surface area (Å²) in [6, 6.07) is 21.2. The number of ketones is 2. The summed E-state index contributed by atoms with van der Waals surface area (Å²) in [6.07, 6.45) is 0.975. The van der Waals surface area contributed by atoms with Crippen LogP contribution in [0.5, 0.6) is 0 Å². The van der Waals surface area contributed by atoms with Gasteiger partial charge in [-0.15, -0.1) is 0 Å². The quantitative estimate of drug-likeness (QED) is 0.200. The molecule has 38 heavy (non-hydrogen) atoms. The van der Waals surface area contributed by atoms with Gasteiger partial charge in [0.25, 0.3) is 0 Å². The van der Waals surface area contributed by atoms with Gasteiger partial charge in [-0.3, -0.25) is 14.5 Å². The predicted molar refractivity (Wildman–Crippen MR) is 151 cm³/mol. The number of benzene rings is 3. The summed E-state index contributed by atoms with van der Waals surface area (Å²) in [6.45, 7) is 10.9. The van der Waals surface area contributed by atoms with Crippen molar-refractivity contribution < 1.29 is 19.1 Å². The van der Waals surface area contributed by atoms with E-state index in [1.54, 1.807) is 0 Å². The fourth-order valence-electron chi connectivity index (χ4n) is 5.41. The van der Waals surface area contributed by atoms with Crippen molar-refractivity contribution in [1.29, 1.82) is 0 Å². The molecule has 3 aromatic carbocycles. The van der Waals surface area contributed by atoms with Gasteiger partial charge in [0.15, 0.2) is 11.6 Å². The number of hydrogen-bond acceptors (Lipinski definition) is 5. The zero-order valence-corrected chi connectivity index (χ0v) is 22.5. The van der Waals surface area contributed by atoms with Crippen LogP contribution in [-0.4, -0.2) is 66.1 Å². The van der Waals surface area contributed by atoms with Crippen LogP contribution in [0.4, 0.5) is 0 Å². The molecule has 5 rings (SSSR count). The summed E-state index contributed by atoms with van der Waals surface area (Å²) in [7, 11) is 0. The van der Waals surface area contributed by atoms with Gasteiger partial charge in [0.05, 0.1) is 25.4 Å². The largest absolute Gasteiger partial charge is 0.380 e. The third-order valence-electron chi connectivity index (χ3n) is 7.59. The lowest BCUT2D eigenvalue weighted by molar-refractivity contribution is -0.00429. The Kier molecular flexibility index (Phi) is 7.75. The lowest BCUT2D eigenvalue weighted by Gasteiger charge is -2.39. The Bertz CT molecular complexity index is 1450. The Labute approximate surface area is 224 Å². The van der Waals surface area contributed by atoms with E-state index < -0.39 is 5.54 Å². The molecule has 0 N–H and O–H groups in total. The predicted octanol–water partition coefficient (Wildman–Crippen LogP) is 5.75. The molecule has 1 saturated heterocycles. The van der Waals surface area contributed by atoms with E-state index in [-0.39, 0.29) is 11.6 Å². The lowest BCUT2D eigenvalue weighted by Crippen LogP contribution is -2.54. The van der Waals surface area contributed by atoms with Crippen molar-refractivity contribution >= 4 is 33.4 Å². The smallest absolute Gasteiger partial charge is 0.193 e. The van der Waals surface area contributed by atoms with Crippen molar-refractivity contribution in [2.24, 2.45) is 0 Å². The first kappa shape index (κ1) is 26.3. The van der Waals surface area contributed by atoms with E-state index in [9.17, 15) is 9.59 Å². The van der Waals surface area contributed by atoms with E-state index in [4.69, 9.17) is 9.47 Å². The molecule has 0 spiro atoms. The highest BCUT2D eigenvalue weighted by molar-refractivity contribution is 6.16. The van der Waals surface area contributed by atoms with Crippen LogP contribution in [0.1, 0.15) is 53.5 Å². The van der Waals surface area contributed by atoms with Gasteiger partial charge in [0.1, 0.15) is 0 Å². The van der Waals surface area contributed by atoms with Crippen molar-refractivity contribution in [3.8, 4) is 0 Å². The second kappa shape index (κ2) is 11.2. The maximum atomic E-state index is 13.8. The average molecular weight is 513 g/mol. The van der Waals surface area contributed by atoms with Crippen LogP contribution in [-0.2, 0) is 16.0 Å². The third kappa shape index (κ3) is 5.04. The normalized spacial score (nSPS) is 14.8. The molecule has 0 aliphatic carbocycles. The monoisotopic (exact) mass is 512 g/mol. The first-order chi connectivity index (χ1) is 18.4. The van der Waals surface area contributed by atoms with Crippen LogP contribution in [0.3, 0.4) is 0 Å². The van der Waals surface area contributed by atoms with Gasteiger partial charge in [-0.05, 0) is 56.7 Å². The molecule has 0 bridgehead atoms. The number of aromatic nitrogens is 1. The Morgan fingerprint density at radius 1 is 0.842 bits per heavy atom. The van der Waals surface area contributed by atoms with E-state index in [2.05, 4.69) is 16.4 Å². The summed E-state index contributed by atoms with van der Waals surface area (Å²) in [4.78, 5) is 29.3. The first-order valence-corrected chi connectivity index (χ1v) is 13.5. The fourth-order valence-corrected chi connectivity index (χ4v) is 5.41. The molecule has 1 aliphatic heterocycles. The second-order valence-corrected chi connectivity index (χ2v) is 10.4. The summed E-state index contributed by atoms with van der Waals surface area (Å²) in [5.74, 6) is 0.0744. The molecule has 1 fully saturated rings. The number of rotatable bonds is 10. The lowest BCUT2D eigenvalue weighted by atomic mass is 9.90. The zero-order valence-electron chi connectivity index (χ0n) is 22.5. The van der Waals surface area contributed by atoms with Gasteiger partial charge in [-0.25, -0.2) is 0 Å². The minimum absolute atomic E-state index is 0.0136.